The van der Waals surface area contributed by atoms with Gasteiger partial charge in [-0.15, -0.1) is 0 Å². The predicted octanol–water partition coefficient (Wildman–Crippen LogP) is 6.69. The number of ether oxygens (including phenoxy) is 2. The largest absolute Gasteiger partial charge is 0.462 e. The number of thioether (sulfide) groups is 1. The number of carbonyl (C=O) groups is 3. The zero-order valence-corrected chi connectivity index (χ0v) is 23.8. The lowest BCUT2D eigenvalue weighted by molar-refractivity contribution is -0.190. The topological polar surface area (TPSA) is 72.9 Å². The smallest absolute Gasteiger partial charge is 0.315 e. The molecule has 0 unspecified atom stereocenters. The molecule has 1 amide bonds. The van der Waals surface area contributed by atoms with Crippen LogP contribution >= 0.6 is 11.8 Å². The number of cyclic esters (lactones) is 1. The Bertz CT molecular complexity index is 637. The average molecular weight is 526 g/mol. The summed E-state index contributed by atoms with van der Waals surface area (Å²) in [4.78, 5) is 39.0. The van der Waals surface area contributed by atoms with Crippen molar-refractivity contribution in [2.24, 2.45) is 5.92 Å². The zero-order chi connectivity index (χ0) is 26.0. The maximum atomic E-state index is 12.7. The summed E-state index contributed by atoms with van der Waals surface area (Å²) < 4.78 is 11.3. The van der Waals surface area contributed by atoms with Gasteiger partial charge in [0.1, 0.15) is 18.6 Å². The number of unbranched alkanes of at least 4 members (excludes halogenated alkanes) is 11. The number of nitrogens with zero attached hydrogens (tertiary/aromatic N) is 1. The van der Waals surface area contributed by atoms with Crippen LogP contribution in [-0.2, 0) is 23.9 Å². The van der Waals surface area contributed by atoms with Crippen LogP contribution in [0.1, 0.15) is 123 Å². The van der Waals surface area contributed by atoms with Gasteiger partial charge in [0.15, 0.2) is 0 Å². The van der Waals surface area contributed by atoms with Gasteiger partial charge >= 0.3 is 11.9 Å². The van der Waals surface area contributed by atoms with Crippen LogP contribution in [0.2, 0.25) is 0 Å². The van der Waals surface area contributed by atoms with Crippen molar-refractivity contribution in [3.63, 3.8) is 0 Å². The molecular formula is C29H51NO5S. The summed E-state index contributed by atoms with van der Waals surface area (Å²) in [6, 6.07) is 0. The molecule has 6 nitrogen and oxygen atoms in total. The minimum Gasteiger partial charge on any atom is -0.462 e. The molecule has 7 heteroatoms. The van der Waals surface area contributed by atoms with Crippen LogP contribution in [0.15, 0.2) is 0 Å². The Morgan fingerprint density at radius 1 is 0.917 bits per heavy atom. The zero-order valence-electron chi connectivity index (χ0n) is 23.0. The Morgan fingerprint density at radius 3 is 2.11 bits per heavy atom. The second-order valence-corrected chi connectivity index (χ2v) is 11.8. The van der Waals surface area contributed by atoms with Crippen molar-refractivity contribution >= 4 is 29.6 Å². The molecule has 0 spiro atoms. The molecular weight excluding hydrogens is 474 g/mol. The molecule has 2 aliphatic heterocycles. The molecule has 3 atom stereocenters. The van der Waals surface area contributed by atoms with E-state index in [1.54, 1.807) is 4.90 Å². The third-order valence-electron chi connectivity index (χ3n) is 7.47. The van der Waals surface area contributed by atoms with Crippen LogP contribution < -0.4 is 0 Å². The van der Waals surface area contributed by atoms with Crippen LogP contribution in [0.4, 0.5) is 0 Å². The summed E-state index contributed by atoms with van der Waals surface area (Å²) in [5, 5.41) is 0. The fraction of sp³-hybridized carbons (Fsp3) is 0.897. The van der Waals surface area contributed by atoms with Crippen molar-refractivity contribution in [1.29, 1.82) is 0 Å². The molecule has 2 saturated heterocycles. The van der Waals surface area contributed by atoms with E-state index in [0.717, 1.165) is 50.0 Å². The molecule has 2 aliphatic rings. The van der Waals surface area contributed by atoms with E-state index in [9.17, 15) is 14.4 Å². The molecule has 0 aromatic heterocycles. The summed E-state index contributed by atoms with van der Waals surface area (Å²) >= 11 is 1.84. The molecule has 2 heterocycles. The van der Waals surface area contributed by atoms with E-state index in [4.69, 9.17) is 9.47 Å². The number of hydrogen-bond acceptors (Lipinski definition) is 6. The van der Waals surface area contributed by atoms with Crippen LogP contribution in [0.5, 0.6) is 0 Å². The van der Waals surface area contributed by atoms with Crippen LogP contribution in [0.3, 0.4) is 0 Å². The van der Waals surface area contributed by atoms with Crippen molar-refractivity contribution < 1.29 is 23.9 Å². The lowest BCUT2D eigenvalue weighted by atomic mass is 9.86. The second-order valence-electron chi connectivity index (χ2n) is 10.6. The summed E-state index contributed by atoms with van der Waals surface area (Å²) in [5.41, 5.74) is 0. The van der Waals surface area contributed by atoms with E-state index in [-0.39, 0.29) is 36.4 Å². The summed E-state index contributed by atoms with van der Waals surface area (Å²) in [6.45, 7) is 5.83. The van der Waals surface area contributed by atoms with Crippen molar-refractivity contribution in [2.75, 3.05) is 24.6 Å². The molecule has 0 aromatic carbocycles. The maximum Gasteiger partial charge on any atom is 0.315 e. The van der Waals surface area contributed by atoms with Crippen molar-refractivity contribution in [2.45, 2.75) is 135 Å². The fourth-order valence-corrected chi connectivity index (χ4v) is 6.05. The van der Waals surface area contributed by atoms with Gasteiger partial charge in [-0.25, -0.2) is 0 Å². The Kier molecular flexibility index (Phi) is 16.3. The Morgan fingerprint density at radius 2 is 1.50 bits per heavy atom. The maximum absolute atomic E-state index is 12.7. The summed E-state index contributed by atoms with van der Waals surface area (Å²) in [7, 11) is 0. The van der Waals surface area contributed by atoms with Crippen LogP contribution in [0, 0.1) is 5.92 Å². The van der Waals surface area contributed by atoms with Gasteiger partial charge in [0, 0.05) is 31.0 Å². The van der Waals surface area contributed by atoms with Gasteiger partial charge in [0.25, 0.3) is 0 Å². The van der Waals surface area contributed by atoms with E-state index in [1.807, 2.05) is 11.8 Å². The Hall–Kier alpha value is -1.24. The summed E-state index contributed by atoms with van der Waals surface area (Å²) in [6.07, 6.45) is 17.2. The first-order valence-corrected chi connectivity index (χ1v) is 16.0. The first kappa shape index (κ1) is 31.0. The van der Waals surface area contributed by atoms with E-state index >= 15 is 0 Å². The minimum atomic E-state index is -0.440. The highest BCUT2D eigenvalue weighted by Crippen LogP contribution is 2.32. The van der Waals surface area contributed by atoms with Gasteiger partial charge in [0.05, 0.1) is 5.92 Å². The first-order valence-electron chi connectivity index (χ1n) is 14.8. The molecule has 36 heavy (non-hydrogen) atoms. The van der Waals surface area contributed by atoms with Gasteiger partial charge in [-0.05, 0) is 19.3 Å². The lowest BCUT2D eigenvalue weighted by Gasteiger charge is -2.37. The first-order chi connectivity index (χ1) is 17.5. The van der Waals surface area contributed by atoms with Gasteiger partial charge in [-0.2, -0.15) is 11.8 Å². The number of rotatable bonds is 20. The molecule has 0 N–H and O–H groups in total. The number of carbonyl (C=O) groups excluding carboxylic acids is 3. The fourth-order valence-electron chi connectivity index (χ4n) is 5.15. The van der Waals surface area contributed by atoms with Crippen molar-refractivity contribution in [1.82, 2.24) is 4.90 Å². The van der Waals surface area contributed by atoms with Crippen molar-refractivity contribution in [3.05, 3.63) is 0 Å². The van der Waals surface area contributed by atoms with Crippen molar-refractivity contribution in [3.8, 4) is 0 Å². The third kappa shape index (κ3) is 12.3. The summed E-state index contributed by atoms with van der Waals surface area (Å²) in [5.74, 6) is 1.10. The number of hydrogen-bond donors (Lipinski definition) is 0. The standard InChI is InChI=1S/C29H51NO5S/c1-3-5-7-9-10-11-12-13-14-16-24(22-26-25(29(33)35-26)17-15-8-6-4-2)34-28(32)23-27(31)30-18-20-36-21-19-30/h24-26H,3-23H2,1-2H3/t24-,25-,26-/m0/s1. The molecule has 0 radical (unpaired) electrons. The highest BCUT2D eigenvalue weighted by molar-refractivity contribution is 7.99. The molecule has 0 aliphatic carbocycles. The second kappa shape index (κ2) is 18.9. The Labute approximate surface area is 224 Å². The number of amides is 1. The molecule has 2 fully saturated rings. The highest BCUT2D eigenvalue weighted by atomic mass is 32.2. The SMILES string of the molecule is CCCCCCCCCCC[C@@H](C[C@@H]1OC(=O)[C@H]1CCCCCC)OC(=O)CC(=O)N1CCSCC1. The molecule has 0 saturated carbocycles. The van der Waals surface area contributed by atoms with Gasteiger partial charge in [0.2, 0.25) is 5.91 Å². The normalized spacial score (nSPS) is 20.5. The van der Waals surface area contributed by atoms with Gasteiger partial charge < -0.3 is 14.4 Å². The molecule has 208 valence electrons. The van der Waals surface area contributed by atoms with E-state index in [0.29, 0.717) is 19.5 Å². The monoisotopic (exact) mass is 525 g/mol. The Balaban J connectivity index is 1.78. The average Bonchev–Trinajstić information content (AvgIpc) is 2.87. The lowest BCUT2D eigenvalue weighted by Crippen LogP contribution is -2.47. The van der Waals surface area contributed by atoms with Gasteiger partial charge in [-0.3, -0.25) is 14.4 Å². The third-order valence-corrected chi connectivity index (χ3v) is 8.41. The number of esters is 2. The predicted molar refractivity (Wildman–Crippen MR) is 147 cm³/mol. The molecule has 0 aromatic rings. The molecule has 2 rings (SSSR count). The highest BCUT2D eigenvalue weighted by Gasteiger charge is 2.43. The van der Waals surface area contributed by atoms with E-state index in [1.165, 1.54) is 57.8 Å². The molecule has 0 bridgehead atoms. The minimum absolute atomic E-state index is 0.0707. The van der Waals surface area contributed by atoms with Crippen LogP contribution in [0.25, 0.3) is 0 Å². The van der Waals surface area contributed by atoms with Gasteiger partial charge in [-0.1, -0.05) is 90.9 Å². The van der Waals surface area contributed by atoms with E-state index < -0.39 is 5.97 Å². The quantitative estimate of drug-likeness (QED) is 0.100. The van der Waals surface area contributed by atoms with Crippen LogP contribution in [-0.4, -0.2) is 59.5 Å². The van der Waals surface area contributed by atoms with E-state index in [2.05, 4.69) is 13.8 Å².